The largest absolute Gasteiger partial charge is 0.493 e. The van der Waals surface area contributed by atoms with Gasteiger partial charge in [0.15, 0.2) is 11.5 Å². The first kappa shape index (κ1) is 27.4. The van der Waals surface area contributed by atoms with Crippen molar-refractivity contribution in [3.05, 3.63) is 94.0 Å². The Balaban J connectivity index is 1.43. The van der Waals surface area contributed by atoms with Gasteiger partial charge in [0.05, 0.1) is 37.2 Å². The molecule has 0 saturated heterocycles. The van der Waals surface area contributed by atoms with Crippen LogP contribution >= 0.6 is 0 Å². The minimum absolute atomic E-state index is 0.0814. The number of rotatable bonds is 6. The topological polar surface area (TPSA) is 72.3 Å². The van der Waals surface area contributed by atoms with Gasteiger partial charge >= 0.3 is 6.18 Å². The Morgan fingerprint density at radius 2 is 1.65 bits per heavy atom. The number of methoxy groups -OCH3 is 2. The van der Waals surface area contributed by atoms with Crippen LogP contribution in [0.4, 0.5) is 13.2 Å². The van der Waals surface area contributed by atoms with Crippen LogP contribution in [-0.4, -0.2) is 37.6 Å². The highest BCUT2D eigenvalue weighted by Crippen LogP contribution is 2.44. The molecule has 1 saturated carbocycles. The van der Waals surface area contributed by atoms with E-state index >= 15 is 0 Å². The number of fused-ring (bicyclic) bond motifs is 3. The minimum Gasteiger partial charge on any atom is -0.493 e. The van der Waals surface area contributed by atoms with Crippen molar-refractivity contribution in [1.82, 2.24) is 5.43 Å². The van der Waals surface area contributed by atoms with Gasteiger partial charge in [0.1, 0.15) is 0 Å². The van der Waals surface area contributed by atoms with E-state index in [4.69, 9.17) is 14.5 Å². The third-order valence-corrected chi connectivity index (χ3v) is 7.59. The maximum Gasteiger partial charge on any atom is 0.416 e. The summed E-state index contributed by atoms with van der Waals surface area (Å²) in [5.74, 6) is 1.08. The van der Waals surface area contributed by atoms with Gasteiger partial charge in [-0.3, -0.25) is 9.79 Å². The normalized spacial score (nSPS) is 18.8. The zero-order valence-corrected chi connectivity index (χ0v) is 22.5. The maximum atomic E-state index is 12.8. The lowest BCUT2D eigenvalue weighted by atomic mass is 9.75. The molecule has 0 radical (unpaired) electrons. The fraction of sp³-hybridized carbons (Fsp3) is 0.323. The molecule has 0 spiro atoms. The Labute approximate surface area is 230 Å². The van der Waals surface area contributed by atoms with Crippen molar-refractivity contribution in [2.45, 2.75) is 50.7 Å². The van der Waals surface area contributed by atoms with E-state index in [1.165, 1.54) is 12.0 Å². The maximum absolute atomic E-state index is 12.8. The molecular formula is C31H30F3N3O3. The summed E-state index contributed by atoms with van der Waals surface area (Å²) in [6.45, 7) is 1.76. The van der Waals surface area contributed by atoms with Crippen molar-refractivity contribution in [3.63, 3.8) is 0 Å². The summed E-state index contributed by atoms with van der Waals surface area (Å²) in [4.78, 5) is 17.7. The lowest BCUT2D eigenvalue weighted by molar-refractivity contribution is -0.137. The number of halogens is 3. The molecule has 0 bridgehead atoms. The monoisotopic (exact) mass is 549 g/mol. The molecule has 40 heavy (non-hydrogen) atoms. The van der Waals surface area contributed by atoms with Crippen molar-refractivity contribution in [2.24, 2.45) is 10.1 Å². The zero-order chi connectivity index (χ0) is 28.4. The summed E-state index contributed by atoms with van der Waals surface area (Å²) < 4.78 is 49.7. The highest BCUT2D eigenvalue weighted by atomic mass is 19.4. The van der Waals surface area contributed by atoms with Crippen LogP contribution < -0.4 is 14.9 Å². The van der Waals surface area contributed by atoms with E-state index in [0.29, 0.717) is 23.1 Å². The SMILES string of the molecule is COc1cc2c(cc1OC)[C@H]1CCCC[C@H]1N=C2c1cccc(C(C)=NNC(=O)c2ccc(C(F)(F)F)cc2)c1. The molecule has 2 atom stereocenters. The Hall–Kier alpha value is -4.14. The number of benzene rings is 3. The molecule has 0 aromatic heterocycles. The molecule has 1 aliphatic carbocycles. The van der Waals surface area contributed by atoms with E-state index in [9.17, 15) is 18.0 Å². The highest BCUT2D eigenvalue weighted by molar-refractivity contribution is 6.16. The standard InChI is InChI=1S/C31H30F3N3O3/c1-18(36-37-30(38)19-11-13-22(14-12-19)31(32,33)34)20-7-6-8-21(15-20)29-25-17-28(40-3)27(39-2)16-24(25)23-9-4-5-10-26(23)35-29/h6-8,11-17,23,26H,4-5,9-10H2,1-3H3,(H,37,38)/t23-,26-/m1/s1. The average molecular weight is 550 g/mol. The Bertz CT molecular complexity index is 1480. The van der Waals surface area contributed by atoms with Crippen molar-refractivity contribution < 1.29 is 27.4 Å². The van der Waals surface area contributed by atoms with Crippen LogP contribution in [0.2, 0.25) is 0 Å². The molecule has 3 aromatic rings. The Kier molecular flexibility index (Phi) is 7.65. The van der Waals surface area contributed by atoms with Crippen LogP contribution in [0.5, 0.6) is 11.5 Å². The van der Waals surface area contributed by atoms with Crippen LogP contribution in [0.3, 0.4) is 0 Å². The first-order chi connectivity index (χ1) is 19.2. The van der Waals surface area contributed by atoms with Gasteiger partial charge in [-0.2, -0.15) is 18.3 Å². The number of amides is 1. The molecule has 1 heterocycles. The minimum atomic E-state index is -4.47. The van der Waals surface area contributed by atoms with Crippen molar-refractivity contribution in [2.75, 3.05) is 14.2 Å². The number of hydrazone groups is 1. The number of hydrogen-bond acceptors (Lipinski definition) is 5. The van der Waals surface area contributed by atoms with Gasteiger partial charge in [-0.25, -0.2) is 5.43 Å². The zero-order valence-electron chi connectivity index (χ0n) is 22.5. The van der Waals surface area contributed by atoms with Crippen LogP contribution in [0.25, 0.3) is 0 Å². The molecule has 1 N–H and O–H groups in total. The van der Waals surface area contributed by atoms with Crippen LogP contribution in [0.1, 0.15) is 76.7 Å². The Morgan fingerprint density at radius 1 is 0.950 bits per heavy atom. The fourth-order valence-electron chi connectivity index (χ4n) is 5.47. The third kappa shape index (κ3) is 5.46. The smallest absolute Gasteiger partial charge is 0.416 e. The van der Waals surface area contributed by atoms with Crippen molar-refractivity contribution >= 4 is 17.3 Å². The molecule has 5 rings (SSSR count). The summed E-state index contributed by atoms with van der Waals surface area (Å²) in [6, 6.07) is 16.1. The predicted octanol–water partition coefficient (Wildman–Crippen LogP) is 6.75. The molecule has 1 aliphatic heterocycles. The molecule has 208 valence electrons. The number of aliphatic imine (C=N–C) groups is 1. The number of alkyl halides is 3. The van der Waals surface area contributed by atoms with E-state index in [1.807, 2.05) is 30.3 Å². The van der Waals surface area contributed by atoms with Crippen LogP contribution in [0.15, 0.2) is 70.8 Å². The van der Waals surface area contributed by atoms with Crippen molar-refractivity contribution in [1.29, 1.82) is 0 Å². The lowest BCUT2D eigenvalue weighted by Gasteiger charge is -2.35. The second kappa shape index (κ2) is 11.2. The second-order valence-corrected chi connectivity index (χ2v) is 10.0. The summed E-state index contributed by atoms with van der Waals surface area (Å²) in [7, 11) is 3.26. The average Bonchev–Trinajstić information content (AvgIpc) is 2.98. The number of carbonyl (C=O) groups excluding carboxylic acids is 1. The molecule has 2 aliphatic rings. The van der Waals surface area contributed by atoms with E-state index < -0.39 is 17.6 Å². The van der Waals surface area contributed by atoms with Gasteiger partial charge < -0.3 is 9.47 Å². The van der Waals surface area contributed by atoms with Crippen molar-refractivity contribution in [3.8, 4) is 11.5 Å². The van der Waals surface area contributed by atoms with Gasteiger partial charge in [0, 0.05) is 22.6 Å². The summed E-state index contributed by atoms with van der Waals surface area (Å²) in [5.41, 5.74) is 7.05. The fourth-order valence-corrected chi connectivity index (χ4v) is 5.47. The first-order valence-corrected chi connectivity index (χ1v) is 13.2. The summed E-state index contributed by atoms with van der Waals surface area (Å²) in [5, 5.41) is 4.21. The van der Waals surface area contributed by atoms with Gasteiger partial charge in [-0.1, -0.05) is 31.0 Å². The molecule has 3 aromatic carbocycles. The number of nitrogens with zero attached hydrogens (tertiary/aromatic N) is 2. The van der Waals surface area contributed by atoms with E-state index in [2.05, 4.69) is 16.6 Å². The van der Waals surface area contributed by atoms with Gasteiger partial charge in [0.2, 0.25) is 0 Å². The van der Waals surface area contributed by atoms with E-state index in [-0.39, 0.29) is 11.6 Å². The second-order valence-electron chi connectivity index (χ2n) is 10.0. The number of carbonyl (C=O) groups is 1. The van der Waals surface area contributed by atoms with Gasteiger partial charge in [-0.15, -0.1) is 0 Å². The Morgan fingerprint density at radius 3 is 2.35 bits per heavy atom. The third-order valence-electron chi connectivity index (χ3n) is 7.59. The highest BCUT2D eigenvalue weighted by Gasteiger charge is 2.35. The number of nitrogens with one attached hydrogen (secondary N) is 1. The van der Waals surface area contributed by atoms with Gasteiger partial charge in [0.25, 0.3) is 5.91 Å². The number of ether oxygens (including phenoxy) is 2. The molecular weight excluding hydrogens is 519 g/mol. The molecule has 1 fully saturated rings. The predicted molar refractivity (Wildman–Crippen MR) is 148 cm³/mol. The molecule has 9 heteroatoms. The summed E-state index contributed by atoms with van der Waals surface area (Å²) in [6.07, 6.45) is -0.0480. The summed E-state index contributed by atoms with van der Waals surface area (Å²) >= 11 is 0. The molecule has 6 nitrogen and oxygen atoms in total. The molecule has 0 unspecified atom stereocenters. The first-order valence-electron chi connectivity index (χ1n) is 13.2. The quantitative estimate of drug-likeness (QED) is 0.273. The number of hydrogen-bond donors (Lipinski definition) is 1. The van der Waals surface area contributed by atoms with Crippen LogP contribution in [-0.2, 0) is 6.18 Å². The van der Waals surface area contributed by atoms with Crippen LogP contribution in [0, 0.1) is 0 Å². The lowest BCUT2D eigenvalue weighted by Crippen LogP contribution is -2.29. The van der Waals surface area contributed by atoms with E-state index in [1.54, 1.807) is 21.1 Å². The van der Waals surface area contributed by atoms with Gasteiger partial charge in [-0.05, 0) is 73.4 Å². The van der Waals surface area contributed by atoms with E-state index in [0.717, 1.165) is 65.9 Å². The molecule has 1 amide bonds.